The van der Waals surface area contributed by atoms with Crippen LogP contribution in [0.5, 0.6) is 5.75 Å². The van der Waals surface area contributed by atoms with Gasteiger partial charge in [0.15, 0.2) is 0 Å². The number of carbonyl (C=O) groups excluding carboxylic acids is 1. The van der Waals surface area contributed by atoms with E-state index in [9.17, 15) is 9.90 Å². The molecule has 126 valence electrons. The molecular weight excluding hydrogens is 349 g/mol. The van der Waals surface area contributed by atoms with Gasteiger partial charge in [0.1, 0.15) is 11.9 Å². The third kappa shape index (κ3) is 3.36. The third-order valence-electron chi connectivity index (χ3n) is 4.20. The van der Waals surface area contributed by atoms with Crippen LogP contribution in [0.25, 0.3) is 0 Å². The SMILES string of the molecule is Cc1c(O)cccc1C(=O)N1CCOC(c2ccc(Cl)c(Cl)c2)C1. The van der Waals surface area contributed by atoms with Crippen LogP contribution in [-0.2, 0) is 4.74 Å². The van der Waals surface area contributed by atoms with Gasteiger partial charge in [-0.1, -0.05) is 35.3 Å². The lowest BCUT2D eigenvalue weighted by Crippen LogP contribution is -2.42. The van der Waals surface area contributed by atoms with Gasteiger partial charge in [0.2, 0.25) is 0 Å². The molecule has 1 fully saturated rings. The van der Waals surface area contributed by atoms with E-state index in [-0.39, 0.29) is 17.8 Å². The van der Waals surface area contributed by atoms with Crippen LogP contribution in [-0.4, -0.2) is 35.6 Å². The van der Waals surface area contributed by atoms with Gasteiger partial charge in [0.05, 0.1) is 23.2 Å². The molecule has 6 heteroatoms. The maximum atomic E-state index is 12.8. The molecule has 2 aromatic rings. The summed E-state index contributed by atoms with van der Waals surface area (Å²) in [6, 6.07) is 10.3. The molecule has 2 aromatic carbocycles. The summed E-state index contributed by atoms with van der Waals surface area (Å²) in [5.74, 6) is 0.00639. The highest BCUT2D eigenvalue weighted by Gasteiger charge is 2.27. The molecule has 4 nitrogen and oxygen atoms in total. The summed E-state index contributed by atoms with van der Waals surface area (Å²) in [5, 5.41) is 10.8. The number of hydrogen-bond donors (Lipinski definition) is 1. The predicted molar refractivity (Wildman–Crippen MR) is 93.9 cm³/mol. The van der Waals surface area contributed by atoms with Crippen molar-refractivity contribution in [1.29, 1.82) is 0 Å². The second-order valence-corrected chi connectivity index (χ2v) is 6.55. The van der Waals surface area contributed by atoms with Crippen molar-refractivity contribution in [3.8, 4) is 5.75 Å². The van der Waals surface area contributed by atoms with E-state index < -0.39 is 0 Å². The number of morpholine rings is 1. The van der Waals surface area contributed by atoms with Crippen LogP contribution < -0.4 is 0 Å². The Morgan fingerprint density at radius 2 is 2.04 bits per heavy atom. The molecule has 0 aromatic heterocycles. The van der Waals surface area contributed by atoms with Crippen LogP contribution in [0.15, 0.2) is 36.4 Å². The van der Waals surface area contributed by atoms with Gasteiger partial charge in [-0.05, 0) is 36.8 Å². The Morgan fingerprint density at radius 1 is 1.25 bits per heavy atom. The number of carbonyl (C=O) groups is 1. The summed E-state index contributed by atoms with van der Waals surface area (Å²) >= 11 is 12.0. The molecule has 1 unspecified atom stereocenters. The molecule has 0 aliphatic carbocycles. The molecule has 0 spiro atoms. The second-order valence-electron chi connectivity index (χ2n) is 5.73. The van der Waals surface area contributed by atoms with E-state index in [2.05, 4.69) is 0 Å². The van der Waals surface area contributed by atoms with Crippen molar-refractivity contribution in [2.45, 2.75) is 13.0 Å². The number of benzene rings is 2. The van der Waals surface area contributed by atoms with E-state index in [0.29, 0.717) is 40.9 Å². The van der Waals surface area contributed by atoms with Crippen LogP contribution in [0.1, 0.15) is 27.6 Å². The molecule has 1 N–H and O–H groups in total. The zero-order chi connectivity index (χ0) is 17.3. The van der Waals surface area contributed by atoms with Crippen LogP contribution in [0.4, 0.5) is 0 Å². The van der Waals surface area contributed by atoms with Crippen molar-refractivity contribution < 1.29 is 14.6 Å². The van der Waals surface area contributed by atoms with Gasteiger partial charge in [0.25, 0.3) is 5.91 Å². The van der Waals surface area contributed by atoms with Gasteiger partial charge in [-0.3, -0.25) is 4.79 Å². The number of phenolic OH excluding ortho intramolecular Hbond substituents is 1. The first-order valence-electron chi connectivity index (χ1n) is 7.62. The average molecular weight is 366 g/mol. The minimum atomic E-state index is -0.255. The first-order valence-corrected chi connectivity index (χ1v) is 8.37. The van der Waals surface area contributed by atoms with E-state index in [1.54, 1.807) is 42.2 Å². The monoisotopic (exact) mass is 365 g/mol. The Balaban J connectivity index is 1.81. The molecule has 3 rings (SSSR count). The highest BCUT2D eigenvalue weighted by molar-refractivity contribution is 6.42. The molecule has 1 saturated heterocycles. The first-order chi connectivity index (χ1) is 11.5. The van der Waals surface area contributed by atoms with Crippen molar-refractivity contribution in [1.82, 2.24) is 4.90 Å². The number of phenols is 1. The highest BCUT2D eigenvalue weighted by atomic mass is 35.5. The van der Waals surface area contributed by atoms with Gasteiger partial charge in [0, 0.05) is 17.7 Å². The van der Waals surface area contributed by atoms with Gasteiger partial charge in [-0.2, -0.15) is 0 Å². The van der Waals surface area contributed by atoms with Gasteiger partial charge in [-0.15, -0.1) is 0 Å². The zero-order valence-corrected chi connectivity index (χ0v) is 14.6. The van der Waals surface area contributed by atoms with Crippen LogP contribution in [0.3, 0.4) is 0 Å². The van der Waals surface area contributed by atoms with Crippen molar-refractivity contribution >= 4 is 29.1 Å². The Kier molecular flexibility index (Phi) is 4.99. The minimum Gasteiger partial charge on any atom is -0.508 e. The molecule has 0 bridgehead atoms. The number of halogens is 2. The maximum Gasteiger partial charge on any atom is 0.254 e. The normalized spacial score (nSPS) is 17.8. The Labute approximate surface area is 150 Å². The van der Waals surface area contributed by atoms with Crippen molar-refractivity contribution in [2.75, 3.05) is 19.7 Å². The van der Waals surface area contributed by atoms with E-state index in [4.69, 9.17) is 27.9 Å². The van der Waals surface area contributed by atoms with Crippen LogP contribution in [0, 0.1) is 6.92 Å². The molecule has 1 atom stereocenters. The summed E-state index contributed by atoms with van der Waals surface area (Å²) in [6.07, 6.45) is -0.255. The topological polar surface area (TPSA) is 49.8 Å². The Bertz CT molecular complexity index is 779. The van der Waals surface area contributed by atoms with Gasteiger partial charge >= 0.3 is 0 Å². The quantitative estimate of drug-likeness (QED) is 0.866. The Hall–Kier alpha value is -1.75. The second kappa shape index (κ2) is 7.01. The lowest BCUT2D eigenvalue weighted by atomic mass is 10.0. The average Bonchev–Trinajstić information content (AvgIpc) is 2.59. The van der Waals surface area contributed by atoms with E-state index in [1.807, 2.05) is 6.07 Å². The van der Waals surface area contributed by atoms with Crippen LogP contribution >= 0.6 is 23.2 Å². The number of amides is 1. The molecule has 0 radical (unpaired) electrons. The lowest BCUT2D eigenvalue weighted by molar-refractivity contribution is -0.0228. The van der Waals surface area contributed by atoms with Gasteiger partial charge in [-0.25, -0.2) is 0 Å². The van der Waals surface area contributed by atoms with Crippen LogP contribution in [0.2, 0.25) is 10.0 Å². The summed E-state index contributed by atoms with van der Waals surface area (Å²) in [5.41, 5.74) is 1.97. The molecule has 1 heterocycles. The molecule has 1 amide bonds. The fourth-order valence-electron chi connectivity index (χ4n) is 2.77. The zero-order valence-electron chi connectivity index (χ0n) is 13.1. The van der Waals surface area contributed by atoms with Gasteiger partial charge < -0.3 is 14.7 Å². The number of rotatable bonds is 2. The lowest BCUT2D eigenvalue weighted by Gasteiger charge is -2.33. The standard InChI is InChI=1S/C18H17Cl2NO3/c1-11-13(3-2-4-16(11)22)18(23)21-7-8-24-17(10-21)12-5-6-14(19)15(20)9-12/h2-6,9,17,22H,7-8,10H2,1H3. The van der Waals surface area contributed by atoms with Crippen molar-refractivity contribution in [3.63, 3.8) is 0 Å². The summed E-state index contributed by atoms with van der Waals surface area (Å²) in [7, 11) is 0. The fraction of sp³-hybridized carbons (Fsp3) is 0.278. The fourth-order valence-corrected chi connectivity index (χ4v) is 3.08. The molecular formula is C18H17Cl2NO3. The van der Waals surface area contributed by atoms with E-state index >= 15 is 0 Å². The van der Waals surface area contributed by atoms with Crippen molar-refractivity contribution in [3.05, 3.63) is 63.1 Å². The van der Waals surface area contributed by atoms with Crippen molar-refractivity contribution in [2.24, 2.45) is 0 Å². The Morgan fingerprint density at radius 3 is 2.79 bits per heavy atom. The molecule has 1 aliphatic rings. The number of hydrogen-bond acceptors (Lipinski definition) is 3. The maximum absolute atomic E-state index is 12.8. The summed E-state index contributed by atoms with van der Waals surface area (Å²) < 4.78 is 5.78. The molecule has 0 saturated carbocycles. The smallest absolute Gasteiger partial charge is 0.254 e. The minimum absolute atomic E-state index is 0.114. The number of aromatic hydroxyl groups is 1. The van der Waals surface area contributed by atoms with E-state index in [1.165, 1.54) is 0 Å². The third-order valence-corrected chi connectivity index (χ3v) is 4.94. The number of ether oxygens (including phenoxy) is 1. The predicted octanol–water partition coefficient (Wildman–Crippen LogP) is 4.22. The first kappa shape index (κ1) is 17.1. The molecule has 1 aliphatic heterocycles. The largest absolute Gasteiger partial charge is 0.508 e. The van der Waals surface area contributed by atoms with E-state index in [0.717, 1.165) is 5.56 Å². The summed E-state index contributed by atoms with van der Waals surface area (Å²) in [6.45, 7) is 3.10. The molecule has 24 heavy (non-hydrogen) atoms. The summed E-state index contributed by atoms with van der Waals surface area (Å²) in [4.78, 5) is 14.5. The number of nitrogens with zero attached hydrogens (tertiary/aromatic N) is 1. The highest BCUT2D eigenvalue weighted by Crippen LogP contribution is 2.30.